The van der Waals surface area contributed by atoms with Gasteiger partial charge in [-0.25, -0.2) is 4.79 Å². The van der Waals surface area contributed by atoms with Gasteiger partial charge in [-0.05, 0) is 37.5 Å². The van der Waals surface area contributed by atoms with E-state index in [2.05, 4.69) is 29.8 Å². The summed E-state index contributed by atoms with van der Waals surface area (Å²) in [7, 11) is 0. The lowest BCUT2D eigenvalue weighted by molar-refractivity contribution is 0.0299. The summed E-state index contributed by atoms with van der Waals surface area (Å²) < 4.78 is 6.12. The Bertz CT molecular complexity index is 384. The molecule has 1 rings (SSSR count). The number of anilines is 1. The third-order valence-electron chi connectivity index (χ3n) is 2.27. The van der Waals surface area contributed by atoms with Crippen molar-refractivity contribution in [3.05, 3.63) is 28.2 Å². The van der Waals surface area contributed by atoms with Crippen molar-refractivity contribution in [2.45, 2.75) is 33.3 Å². The van der Waals surface area contributed by atoms with Gasteiger partial charge in [0, 0.05) is 10.2 Å². The van der Waals surface area contributed by atoms with Crippen molar-refractivity contribution in [2.24, 2.45) is 5.92 Å². The Labute approximate surface area is 110 Å². The molecule has 0 heterocycles. The fourth-order valence-corrected chi connectivity index (χ4v) is 2.20. The number of halogens is 1. The highest BCUT2D eigenvalue weighted by molar-refractivity contribution is 9.10. The highest BCUT2D eigenvalue weighted by atomic mass is 79.9. The molecule has 1 aromatic carbocycles. The van der Waals surface area contributed by atoms with Gasteiger partial charge in [0.25, 0.3) is 0 Å². The Morgan fingerprint density at radius 3 is 2.53 bits per heavy atom. The molecule has 0 radical (unpaired) electrons. The summed E-state index contributed by atoms with van der Waals surface area (Å²) in [6.07, 6.45) is 0.776. The van der Waals surface area contributed by atoms with Crippen LogP contribution in [0.25, 0.3) is 0 Å². The van der Waals surface area contributed by atoms with Crippen LogP contribution in [0.1, 0.15) is 37.6 Å². The monoisotopic (exact) mass is 299 g/mol. The van der Waals surface area contributed by atoms with Gasteiger partial charge in [-0.2, -0.15) is 0 Å². The molecule has 0 fully saturated rings. The number of rotatable bonds is 4. The van der Waals surface area contributed by atoms with Crippen LogP contribution in [0, 0.1) is 5.92 Å². The number of benzene rings is 1. The van der Waals surface area contributed by atoms with Gasteiger partial charge in [0.2, 0.25) is 0 Å². The molecule has 0 aliphatic carbocycles. The lowest BCUT2D eigenvalue weighted by Gasteiger charge is -2.15. The molecule has 0 aliphatic heterocycles. The standard InChI is InChI=1S/C13H18BrNO2/c1-8(2)4-9(3)17-13(16)10-5-11(14)7-12(15)6-10/h5-9H,4,15H2,1-3H3. The summed E-state index contributed by atoms with van der Waals surface area (Å²) in [5.74, 6) is 0.177. The van der Waals surface area contributed by atoms with Crippen molar-refractivity contribution in [3.63, 3.8) is 0 Å². The molecule has 0 aromatic heterocycles. The molecule has 0 saturated heterocycles. The number of ether oxygens (including phenoxy) is 1. The van der Waals surface area contributed by atoms with Crippen molar-refractivity contribution in [3.8, 4) is 0 Å². The van der Waals surface area contributed by atoms with Gasteiger partial charge in [-0.1, -0.05) is 29.8 Å². The fourth-order valence-electron chi connectivity index (χ4n) is 1.69. The number of nitrogen functional groups attached to an aromatic ring is 1. The van der Waals surface area contributed by atoms with E-state index in [-0.39, 0.29) is 12.1 Å². The highest BCUT2D eigenvalue weighted by Crippen LogP contribution is 2.19. The first kappa shape index (κ1) is 14.0. The van der Waals surface area contributed by atoms with Crippen LogP contribution in [-0.4, -0.2) is 12.1 Å². The molecule has 1 atom stereocenters. The van der Waals surface area contributed by atoms with Crippen LogP contribution in [0.2, 0.25) is 0 Å². The fraction of sp³-hybridized carbons (Fsp3) is 0.462. The predicted molar refractivity (Wildman–Crippen MR) is 72.9 cm³/mol. The number of esters is 1. The van der Waals surface area contributed by atoms with Crippen molar-refractivity contribution in [2.75, 3.05) is 5.73 Å². The lowest BCUT2D eigenvalue weighted by Crippen LogP contribution is -2.17. The first-order valence-corrected chi connectivity index (χ1v) is 6.45. The minimum atomic E-state index is -0.328. The maximum atomic E-state index is 11.8. The summed E-state index contributed by atoms with van der Waals surface area (Å²) in [5.41, 5.74) is 6.69. The summed E-state index contributed by atoms with van der Waals surface area (Å²) in [6.45, 7) is 6.10. The van der Waals surface area contributed by atoms with Gasteiger partial charge >= 0.3 is 5.97 Å². The Morgan fingerprint density at radius 2 is 2.00 bits per heavy atom. The van der Waals surface area contributed by atoms with Crippen molar-refractivity contribution >= 4 is 27.6 Å². The third kappa shape index (κ3) is 4.77. The summed E-state index contributed by atoms with van der Waals surface area (Å²) in [4.78, 5) is 11.8. The Hall–Kier alpha value is -1.03. The van der Waals surface area contributed by atoms with Crippen LogP contribution in [0.3, 0.4) is 0 Å². The van der Waals surface area contributed by atoms with E-state index in [0.29, 0.717) is 17.2 Å². The molecule has 2 N–H and O–H groups in total. The Balaban J connectivity index is 2.69. The van der Waals surface area contributed by atoms with E-state index < -0.39 is 0 Å². The van der Waals surface area contributed by atoms with Crippen LogP contribution in [0.15, 0.2) is 22.7 Å². The molecule has 0 aliphatic rings. The first-order valence-electron chi connectivity index (χ1n) is 5.65. The lowest BCUT2D eigenvalue weighted by atomic mass is 10.1. The van der Waals surface area contributed by atoms with E-state index in [9.17, 15) is 4.79 Å². The SMILES string of the molecule is CC(C)CC(C)OC(=O)c1cc(N)cc(Br)c1. The number of carbonyl (C=O) groups is 1. The van der Waals surface area contributed by atoms with E-state index in [0.717, 1.165) is 10.9 Å². The molecule has 94 valence electrons. The molecular weight excluding hydrogens is 282 g/mol. The summed E-state index contributed by atoms with van der Waals surface area (Å²) in [6, 6.07) is 5.07. The number of nitrogens with two attached hydrogens (primary N) is 1. The van der Waals surface area contributed by atoms with Crippen molar-refractivity contribution in [1.29, 1.82) is 0 Å². The zero-order valence-electron chi connectivity index (χ0n) is 10.4. The molecule has 0 amide bonds. The topological polar surface area (TPSA) is 52.3 Å². The van der Waals surface area contributed by atoms with Crippen LogP contribution >= 0.6 is 15.9 Å². The molecule has 1 aromatic rings. The first-order chi connectivity index (χ1) is 7.88. The van der Waals surface area contributed by atoms with Crippen LogP contribution < -0.4 is 5.73 Å². The van der Waals surface area contributed by atoms with E-state index in [1.807, 2.05) is 6.92 Å². The molecule has 0 spiro atoms. The van der Waals surface area contributed by atoms with Gasteiger partial charge in [0.1, 0.15) is 0 Å². The van der Waals surface area contributed by atoms with Crippen molar-refractivity contribution in [1.82, 2.24) is 0 Å². The minimum absolute atomic E-state index is 0.0808. The van der Waals surface area contributed by atoms with E-state index in [1.165, 1.54) is 0 Å². The van der Waals surface area contributed by atoms with Crippen LogP contribution in [0.5, 0.6) is 0 Å². The Morgan fingerprint density at radius 1 is 1.35 bits per heavy atom. The largest absolute Gasteiger partial charge is 0.459 e. The smallest absolute Gasteiger partial charge is 0.338 e. The molecule has 1 unspecified atom stereocenters. The molecule has 4 heteroatoms. The minimum Gasteiger partial charge on any atom is -0.459 e. The average molecular weight is 300 g/mol. The van der Waals surface area contributed by atoms with E-state index >= 15 is 0 Å². The summed E-state index contributed by atoms with van der Waals surface area (Å²) in [5, 5.41) is 0. The van der Waals surface area contributed by atoms with Gasteiger partial charge in [0.05, 0.1) is 11.7 Å². The third-order valence-corrected chi connectivity index (χ3v) is 2.73. The average Bonchev–Trinajstić information content (AvgIpc) is 2.14. The Kier molecular flexibility index (Phi) is 5.00. The maximum absolute atomic E-state index is 11.8. The predicted octanol–water partition coefficient (Wildman–Crippen LogP) is 3.62. The van der Waals surface area contributed by atoms with Crippen LogP contribution in [-0.2, 0) is 4.74 Å². The molecule has 3 nitrogen and oxygen atoms in total. The van der Waals surface area contributed by atoms with E-state index in [1.54, 1.807) is 18.2 Å². The second kappa shape index (κ2) is 6.05. The van der Waals surface area contributed by atoms with Gasteiger partial charge in [-0.15, -0.1) is 0 Å². The molecular formula is C13H18BrNO2. The number of carbonyl (C=O) groups excluding carboxylic acids is 1. The molecule has 0 saturated carbocycles. The summed E-state index contributed by atoms with van der Waals surface area (Å²) >= 11 is 3.30. The molecule has 17 heavy (non-hydrogen) atoms. The maximum Gasteiger partial charge on any atom is 0.338 e. The van der Waals surface area contributed by atoms with Gasteiger partial charge in [0.15, 0.2) is 0 Å². The van der Waals surface area contributed by atoms with Crippen LogP contribution in [0.4, 0.5) is 5.69 Å². The number of hydrogen-bond donors (Lipinski definition) is 1. The normalized spacial score (nSPS) is 12.5. The zero-order chi connectivity index (χ0) is 13.0. The second-order valence-electron chi connectivity index (χ2n) is 4.62. The van der Waals surface area contributed by atoms with Crippen molar-refractivity contribution < 1.29 is 9.53 Å². The quantitative estimate of drug-likeness (QED) is 0.682. The second-order valence-corrected chi connectivity index (χ2v) is 5.53. The van der Waals surface area contributed by atoms with Gasteiger partial charge in [-0.3, -0.25) is 0 Å². The number of hydrogen-bond acceptors (Lipinski definition) is 3. The van der Waals surface area contributed by atoms with Gasteiger partial charge < -0.3 is 10.5 Å². The highest BCUT2D eigenvalue weighted by Gasteiger charge is 2.14. The zero-order valence-corrected chi connectivity index (χ0v) is 12.0. The molecule has 0 bridgehead atoms. The van der Waals surface area contributed by atoms with E-state index in [4.69, 9.17) is 10.5 Å².